The third kappa shape index (κ3) is 4.99. The maximum absolute atomic E-state index is 4.31. The molecule has 2 N–H and O–H groups in total. The van der Waals surface area contributed by atoms with Crippen molar-refractivity contribution >= 4 is 35.6 Å². The van der Waals surface area contributed by atoms with Crippen LogP contribution < -0.4 is 15.5 Å². The quantitative estimate of drug-likeness (QED) is 0.338. The zero-order chi connectivity index (χ0) is 15.2. The van der Waals surface area contributed by atoms with Crippen molar-refractivity contribution < 1.29 is 0 Å². The summed E-state index contributed by atoms with van der Waals surface area (Å²) in [5.74, 6) is 0.877. The number of nitrogens with zero attached hydrogens (tertiary/aromatic N) is 2. The smallest absolute Gasteiger partial charge is 0.191 e. The van der Waals surface area contributed by atoms with Gasteiger partial charge in [0.25, 0.3) is 0 Å². The Morgan fingerprint density at radius 2 is 1.91 bits per heavy atom. The van der Waals surface area contributed by atoms with Gasteiger partial charge < -0.3 is 15.5 Å². The molecule has 0 spiro atoms. The van der Waals surface area contributed by atoms with E-state index >= 15 is 0 Å². The van der Waals surface area contributed by atoms with Crippen LogP contribution in [0.25, 0.3) is 0 Å². The lowest BCUT2D eigenvalue weighted by Crippen LogP contribution is -2.42. The fourth-order valence-electron chi connectivity index (χ4n) is 2.86. The minimum Gasteiger partial charge on any atom is -0.364 e. The van der Waals surface area contributed by atoms with E-state index in [-0.39, 0.29) is 24.0 Å². The summed E-state index contributed by atoms with van der Waals surface area (Å²) in [7, 11) is 1.82. The fourth-order valence-corrected chi connectivity index (χ4v) is 2.86. The normalized spacial score (nSPS) is 17.4. The van der Waals surface area contributed by atoms with Gasteiger partial charge in [-0.1, -0.05) is 36.4 Å². The van der Waals surface area contributed by atoms with Crippen LogP contribution in [0.3, 0.4) is 0 Å². The van der Waals surface area contributed by atoms with Gasteiger partial charge in [0.15, 0.2) is 5.96 Å². The average Bonchev–Trinajstić information content (AvgIpc) is 3.25. The molecule has 0 bridgehead atoms. The molecule has 4 nitrogen and oxygen atoms in total. The number of guanidine groups is 1. The topological polar surface area (TPSA) is 39.7 Å². The lowest BCUT2D eigenvalue weighted by molar-refractivity contribution is 0.633. The van der Waals surface area contributed by atoms with Gasteiger partial charge in [0.2, 0.25) is 0 Å². The molecule has 1 aromatic carbocycles. The second-order valence-electron chi connectivity index (χ2n) is 5.76. The van der Waals surface area contributed by atoms with E-state index in [0.29, 0.717) is 6.04 Å². The van der Waals surface area contributed by atoms with Gasteiger partial charge in [-0.05, 0) is 30.5 Å². The van der Waals surface area contributed by atoms with Crippen LogP contribution in [0, 0.1) is 0 Å². The third-order valence-electron chi connectivity index (χ3n) is 4.13. The van der Waals surface area contributed by atoms with E-state index in [1.54, 1.807) is 0 Å². The maximum Gasteiger partial charge on any atom is 0.191 e. The molecule has 1 aromatic rings. The van der Waals surface area contributed by atoms with E-state index < -0.39 is 0 Å². The van der Waals surface area contributed by atoms with Crippen molar-refractivity contribution in [3.05, 3.63) is 54.1 Å². The Balaban J connectivity index is 0.00000192. The van der Waals surface area contributed by atoms with Crippen molar-refractivity contribution in [2.45, 2.75) is 25.4 Å². The Kier molecular flexibility index (Phi) is 6.95. The van der Waals surface area contributed by atoms with Crippen LogP contribution in [0.4, 0.5) is 5.69 Å². The predicted molar refractivity (Wildman–Crippen MR) is 109 cm³/mol. The highest BCUT2D eigenvalue weighted by Crippen LogP contribution is 2.18. The predicted octanol–water partition coefficient (Wildman–Crippen LogP) is 3.06. The van der Waals surface area contributed by atoms with Crippen LogP contribution in [-0.4, -0.2) is 32.1 Å². The lowest BCUT2D eigenvalue weighted by Gasteiger charge is -2.19. The van der Waals surface area contributed by atoms with Gasteiger partial charge in [0, 0.05) is 38.4 Å². The largest absolute Gasteiger partial charge is 0.364 e. The van der Waals surface area contributed by atoms with Crippen molar-refractivity contribution in [3.63, 3.8) is 0 Å². The fraction of sp³-hybridized carbons (Fsp3) is 0.389. The van der Waals surface area contributed by atoms with Gasteiger partial charge in [-0.15, -0.1) is 24.0 Å². The Bertz CT molecular complexity index is 578. The maximum atomic E-state index is 4.31. The van der Waals surface area contributed by atoms with Crippen molar-refractivity contribution in [1.29, 1.82) is 0 Å². The second-order valence-corrected chi connectivity index (χ2v) is 5.76. The first-order valence-corrected chi connectivity index (χ1v) is 7.96. The van der Waals surface area contributed by atoms with Gasteiger partial charge in [-0.2, -0.15) is 0 Å². The number of rotatable bonds is 4. The highest BCUT2D eigenvalue weighted by molar-refractivity contribution is 14.0. The van der Waals surface area contributed by atoms with Crippen molar-refractivity contribution in [2.24, 2.45) is 4.99 Å². The van der Waals surface area contributed by atoms with E-state index in [0.717, 1.165) is 38.4 Å². The highest BCUT2D eigenvalue weighted by Gasteiger charge is 2.12. The molecule has 0 amide bonds. The SMILES string of the molecule is CN=C(NCc1cccc(N2CC=CC2)c1)NC1CC=CC1.I. The van der Waals surface area contributed by atoms with E-state index in [1.807, 2.05) is 7.05 Å². The van der Waals surface area contributed by atoms with E-state index in [1.165, 1.54) is 11.3 Å². The number of nitrogens with one attached hydrogen (secondary N) is 2. The van der Waals surface area contributed by atoms with E-state index in [9.17, 15) is 0 Å². The summed E-state index contributed by atoms with van der Waals surface area (Å²) >= 11 is 0. The van der Waals surface area contributed by atoms with Gasteiger partial charge in [0.1, 0.15) is 0 Å². The standard InChI is InChI=1S/C18H24N4.HI/c1-19-18(21-16-8-2-3-9-16)20-14-15-7-6-10-17(13-15)22-11-4-5-12-22;/h2-7,10,13,16H,8-9,11-12,14H2,1H3,(H2,19,20,21);1H. The molecular weight excluding hydrogens is 399 g/mol. The molecule has 1 aliphatic carbocycles. The van der Waals surface area contributed by atoms with Crippen molar-refractivity contribution in [2.75, 3.05) is 25.0 Å². The number of hydrogen-bond donors (Lipinski definition) is 2. The van der Waals surface area contributed by atoms with Crippen LogP contribution in [0.2, 0.25) is 0 Å². The molecule has 0 fully saturated rings. The van der Waals surface area contributed by atoms with Crippen LogP contribution in [-0.2, 0) is 6.54 Å². The molecule has 3 rings (SSSR count). The van der Waals surface area contributed by atoms with Crippen molar-refractivity contribution in [1.82, 2.24) is 10.6 Å². The molecule has 0 unspecified atom stereocenters. The first-order chi connectivity index (χ1) is 10.8. The zero-order valence-electron chi connectivity index (χ0n) is 13.5. The molecule has 0 radical (unpaired) electrons. The second kappa shape index (κ2) is 8.96. The van der Waals surface area contributed by atoms with Gasteiger partial charge >= 0.3 is 0 Å². The molecule has 0 aromatic heterocycles. The lowest BCUT2D eigenvalue weighted by atomic mass is 10.2. The third-order valence-corrected chi connectivity index (χ3v) is 4.13. The zero-order valence-corrected chi connectivity index (χ0v) is 15.9. The Hall–Kier alpha value is -1.50. The molecule has 1 aliphatic heterocycles. The highest BCUT2D eigenvalue weighted by atomic mass is 127. The minimum absolute atomic E-state index is 0. The summed E-state index contributed by atoms with van der Waals surface area (Å²) in [5, 5.41) is 6.87. The Morgan fingerprint density at radius 1 is 1.17 bits per heavy atom. The Labute approximate surface area is 155 Å². The molecule has 1 heterocycles. The van der Waals surface area contributed by atoms with Gasteiger partial charge in [-0.3, -0.25) is 4.99 Å². The average molecular weight is 424 g/mol. The first kappa shape index (κ1) is 17.8. The number of anilines is 1. The first-order valence-electron chi connectivity index (χ1n) is 7.96. The Morgan fingerprint density at radius 3 is 2.61 bits per heavy atom. The van der Waals surface area contributed by atoms with Gasteiger partial charge in [0.05, 0.1) is 0 Å². The molecule has 0 atom stereocenters. The summed E-state index contributed by atoms with van der Waals surface area (Å²) in [6.45, 7) is 2.80. The molecule has 23 heavy (non-hydrogen) atoms. The van der Waals surface area contributed by atoms with E-state index in [2.05, 4.69) is 69.1 Å². The summed E-state index contributed by atoms with van der Waals surface area (Å²) in [4.78, 5) is 6.67. The summed E-state index contributed by atoms with van der Waals surface area (Å²) in [5.41, 5.74) is 2.56. The number of aliphatic imine (C=N–C) groups is 1. The molecule has 0 saturated heterocycles. The number of halogens is 1. The number of hydrogen-bond acceptors (Lipinski definition) is 2. The van der Waals surface area contributed by atoms with Crippen LogP contribution in [0.5, 0.6) is 0 Å². The van der Waals surface area contributed by atoms with Crippen LogP contribution in [0.15, 0.2) is 53.6 Å². The monoisotopic (exact) mass is 424 g/mol. The molecule has 5 heteroatoms. The summed E-state index contributed by atoms with van der Waals surface area (Å²) in [6, 6.07) is 9.19. The number of benzene rings is 1. The minimum atomic E-state index is 0. The molecule has 124 valence electrons. The van der Waals surface area contributed by atoms with Gasteiger partial charge in [-0.25, -0.2) is 0 Å². The summed E-state index contributed by atoms with van der Waals surface area (Å²) < 4.78 is 0. The molecule has 0 saturated carbocycles. The van der Waals surface area contributed by atoms with Crippen molar-refractivity contribution in [3.8, 4) is 0 Å². The molecule has 2 aliphatic rings. The van der Waals surface area contributed by atoms with E-state index in [4.69, 9.17) is 0 Å². The van der Waals surface area contributed by atoms with Crippen LogP contribution in [0.1, 0.15) is 18.4 Å². The summed E-state index contributed by atoms with van der Waals surface area (Å²) in [6.07, 6.45) is 11.0. The molecular formula is C18H25IN4. The van der Waals surface area contributed by atoms with Crippen LogP contribution >= 0.6 is 24.0 Å².